The first-order valence-electron chi connectivity index (χ1n) is 9.59. The minimum absolute atomic E-state index is 0.0721. The highest BCUT2D eigenvalue weighted by Crippen LogP contribution is 2.34. The average molecular weight is 448 g/mol. The van der Waals surface area contributed by atoms with E-state index in [0.29, 0.717) is 0 Å². The molecule has 0 spiro atoms. The number of nitrogens with one attached hydrogen (secondary N) is 1. The molecule has 1 aliphatic rings. The summed E-state index contributed by atoms with van der Waals surface area (Å²) in [5.74, 6) is -0.457. The van der Waals surface area contributed by atoms with Gasteiger partial charge in [-0.25, -0.2) is 22.8 Å². The zero-order valence-corrected chi connectivity index (χ0v) is 19.3. The second-order valence-corrected chi connectivity index (χ2v) is 10.6. The van der Waals surface area contributed by atoms with Crippen LogP contribution in [0.4, 0.5) is 9.93 Å². The summed E-state index contributed by atoms with van der Waals surface area (Å²) in [5.41, 5.74) is -0.462. The van der Waals surface area contributed by atoms with E-state index in [0.717, 1.165) is 24.2 Å². The van der Waals surface area contributed by atoms with Gasteiger partial charge in [-0.3, -0.25) is 4.79 Å². The number of amides is 2. The second-order valence-electron chi connectivity index (χ2n) is 7.75. The maximum absolute atomic E-state index is 13.2. The van der Waals surface area contributed by atoms with Crippen LogP contribution in [0.3, 0.4) is 0 Å². The number of carbonyl (C=O) groups is 2. The lowest BCUT2D eigenvalue weighted by atomic mass is 9.97. The molecule has 0 radical (unpaired) electrons. The number of anilines is 1. The molecular weight excluding hydrogens is 418 g/mol. The van der Waals surface area contributed by atoms with Crippen molar-refractivity contribution in [3.8, 4) is 0 Å². The van der Waals surface area contributed by atoms with Crippen LogP contribution in [0.25, 0.3) is 0 Å². The molecule has 2 rings (SSSR count). The number of hydrogen-bond acceptors (Lipinski definition) is 8. The van der Waals surface area contributed by atoms with Crippen LogP contribution in [0.2, 0.25) is 0 Å². The summed E-state index contributed by atoms with van der Waals surface area (Å²) in [6, 6.07) is -0.710. The van der Waals surface area contributed by atoms with E-state index in [1.807, 2.05) is 20.8 Å². The molecule has 12 heteroatoms. The molecule has 1 aromatic rings. The van der Waals surface area contributed by atoms with Crippen LogP contribution in [0, 0.1) is 0 Å². The van der Waals surface area contributed by atoms with Gasteiger partial charge < -0.3 is 9.64 Å². The molecule has 0 saturated carbocycles. The molecule has 1 aromatic heterocycles. The van der Waals surface area contributed by atoms with Crippen molar-refractivity contribution in [2.75, 3.05) is 11.4 Å². The highest BCUT2D eigenvalue weighted by Gasteiger charge is 2.47. The first-order chi connectivity index (χ1) is 13.4. The van der Waals surface area contributed by atoms with Gasteiger partial charge in [0.1, 0.15) is 0 Å². The highest BCUT2D eigenvalue weighted by molar-refractivity contribution is 7.91. The van der Waals surface area contributed by atoms with Crippen molar-refractivity contribution in [1.29, 1.82) is 0 Å². The van der Waals surface area contributed by atoms with Crippen LogP contribution < -0.4 is 9.62 Å². The van der Waals surface area contributed by atoms with E-state index in [1.165, 1.54) is 4.90 Å². The number of ether oxygens (including phenoxy) is 1. The molecule has 0 aliphatic carbocycles. The lowest BCUT2D eigenvalue weighted by Gasteiger charge is -2.34. The largest absolute Gasteiger partial charge is 0.439 e. The van der Waals surface area contributed by atoms with E-state index in [9.17, 15) is 18.0 Å². The molecule has 29 heavy (non-hydrogen) atoms. The van der Waals surface area contributed by atoms with Gasteiger partial charge in [0.15, 0.2) is 0 Å². The zero-order chi connectivity index (χ0) is 22.0. The fourth-order valence-electron chi connectivity index (χ4n) is 3.12. The van der Waals surface area contributed by atoms with E-state index >= 15 is 0 Å². The highest BCUT2D eigenvalue weighted by atomic mass is 32.2. The van der Waals surface area contributed by atoms with Crippen LogP contribution in [-0.2, 0) is 19.6 Å². The molecule has 2 heterocycles. The number of nitrogens with zero attached hydrogens (tertiary/aromatic N) is 4. The molecule has 1 atom stereocenters. The van der Waals surface area contributed by atoms with Gasteiger partial charge in [-0.1, -0.05) is 31.6 Å². The number of carbonyl (C=O) groups excluding carboxylic acids is 2. The smallest absolute Gasteiger partial charge is 0.330 e. The molecule has 1 saturated heterocycles. The van der Waals surface area contributed by atoms with Crippen LogP contribution in [0.1, 0.15) is 60.8 Å². The number of aromatic nitrogens is 2. The predicted molar refractivity (Wildman–Crippen MR) is 109 cm³/mol. The Bertz CT molecular complexity index is 852. The van der Waals surface area contributed by atoms with Crippen molar-refractivity contribution in [3.05, 3.63) is 0 Å². The van der Waals surface area contributed by atoms with Crippen LogP contribution >= 0.6 is 11.3 Å². The molecule has 1 N–H and O–H groups in total. The van der Waals surface area contributed by atoms with Gasteiger partial charge in [-0.2, -0.15) is 0 Å². The fourth-order valence-corrected chi connectivity index (χ4v) is 5.41. The Labute approximate surface area is 175 Å². The molecule has 0 aromatic carbocycles. The molecule has 1 aliphatic heterocycles. The maximum Gasteiger partial charge on any atom is 0.330 e. The summed E-state index contributed by atoms with van der Waals surface area (Å²) in [6.45, 7) is 11.1. The van der Waals surface area contributed by atoms with E-state index in [-0.39, 0.29) is 28.5 Å². The Balaban J connectivity index is 2.39. The minimum atomic E-state index is -3.85. The van der Waals surface area contributed by atoms with Gasteiger partial charge in [0.25, 0.3) is 10.0 Å². The Kier molecular flexibility index (Phi) is 7.23. The lowest BCUT2D eigenvalue weighted by Crippen LogP contribution is -2.46. The summed E-state index contributed by atoms with van der Waals surface area (Å²) in [4.78, 5) is 27.9. The lowest BCUT2D eigenvalue weighted by molar-refractivity contribution is -0.148. The zero-order valence-electron chi connectivity index (χ0n) is 17.6. The standard InChI is InChI=1S/C17H29N5O5S2/c1-7-9-17(5,6)21-10-12(27-13(23)8-2)22(16(21)24)14-18-19-15(28-14)29(25,26)20-11(3)4/h11-12,20H,7-10H2,1-6H3. The fraction of sp³-hybridized carbons (Fsp3) is 0.765. The molecule has 1 unspecified atom stereocenters. The molecule has 0 bridgehead atoms. The van der Waals surface area contributed by atoms with Crippen molar-refractivity contribution >= 4 is 38.5 Å². The monoisotopic (exact) mass is 447 g/mol. The van der Waals surface area contributed by atoms with E-state index in [2.05, 4.69) is 14.9 Å². The Morgan fingerprint density at radius 3 is 2.55 bits per heavy atom. The Morgan fingerprint density at radius 2 is 2.00 bits per heavy atom. The van der Waals surface area contributed by atoms with Gasteiger partial charge in [0.2, 0.25) is 15.7 Å². The van der Waals surface area contributed by atoms with Gasteiger partial charge in [-0.05, 0) is 34.1 Å². The van der Waals surface area contributed by atoms with Gasteiger partial charge >= 0.3 is 12.0 Å². The van der Waals surface area contributed by atoms with Crippen molar-refractivity contribution in [1.82, 2.24) is 19.8 Å². The quantitative estimate of drug-likeness (QED) is 0.455. The topological polar surface area (TPSA) is 122 Å². The van der Waals surface area contributed by atoms with Gasteiger partial charge in [0.05, 0.1) is 6.54 Å². The summed E-state index contributed by atoms with van der Waals surface area (Å²) >= 11 is 0.762. The second kappa shape index (κ2) is 8.92. The molecule has 2 amide bonds. The summed E-state index contributed by atoms with van der Waals surface area (Å²) in [5, 5.41) is 7.72. The first-order valence-corrected chi connectivity index (χ1v) is 11.9. The summed E-state index contributed by atoms with van der Waals surface area (Å²) in [7, 11) is -3.85. The molecular formula is C17H29N5O5S2. The SMILES string of the molecule is CCCC(C)(C)N1CC(OC(=O)CC)N(c2nnc(S(=O)(=O)NC(C)C)s2)C1=O. The number of sulfonamides is 1. The van der Waals surface area contributed by atoms with Crippen LogP contribution in [-0.4, -0.2) is 59.9 Å². The number of hydrogen-bond donors (Lipinski definition) is 1. The van der Waals surface area contributed by atoms with E-state index in [4.69, 9.17) is 4.74 Å². The van der Waals surface area contributed by atoms with E-state index < -0.39 is 33.8 Å². The molecule has 1 fully saturated rings. The Hall–Kier alpha value is -1.79. The molecule has 10 nitrogen and oxygen atoms in total. The van der Waals surface area contributed by atoms with Crippen molar-refractivity contribution in [3.63, 3.8) is 0 Å². The maximum atomic E-state index is 13.2. The van der Waals surface area contributed by atoms with Crippen LogP contribution in [0.15, 0.2) is 4.34 Å². The third-order valence-corrected chi connectivity index (χ3v) is 7.38. The molecule has 164 valence electrons. The summed E-state index contributed by atoms with van der Waals surface area (Å²) in [6.07, 6.45) is 0.894. The van der Waals surface area contributed by atoms with Crippen molar-refractivity contribution < 1.29 is 22.7 Å². The average Bonchev–Trinajstić information content (AvgIpc) is 3.19. The number of rotatable bonds is 9. The van der Waals surface area contributed by atoms with Gasteiger partial charge in [0, 0.05) is 18.0 Å². The third kappa shape index (κ3) is 5.23. The number of esters is 1. The van der Waals surface area contributed by atoms with E-state index in [1.54, 1.807) is 25.7 Å². The Morgan fingerprint density at radius 1 is 1.34 bits per heavy atom. The first kappa shape index (κ1) is 23.5. The number of urea groups is 1. The van der Waals surface area contributed by atoms with Crippen molar-refractivity contribution in [2.45, 2.75) is 83.0 Å². The summed E-state index contributed by atoms with van der Waals surface area (Å²) < 4.78 is 32.4. The van der Waals surface area contributed by atoms with Crippen molar-refractivity contribution in [2.24, 2.45) is 0 Å². The van der Waals surface area contributed by atoms with Gasteiger partial charge in [-0.15, -0.1) is 10.2 Å². The minimum Gasteiger partial charge on any atom is -0.439 e. The third-order valence-electron chi connectivity index (χ3n) is 4.44. The normalized spacial score (nSPS) is 18.0. The predicted octanol–water partition coefficient (Wildman–Crippen LogP) is 2.32. The van der Waals surface area contributed by atoms with Crippen LogP contribution in [0.5, 0.6) is 0 Å².